The Kier molecular flexibility index (Phi) is 50.1. The molecule has 0 aliphatic carbocycles. The molecule has 0 heterocycles. The second kappa shape index (κ2) is 53.9. The summed E-state index contributed by atoms with van der Waals surface area (Å²) in [5.74, 6) is -1.04. The minimum Gasteiger partial charge on any atom is -0.462 e. The van der Waals surface area contributed by atoms with Gasteiger partial charge < -0.3 is 14.2 Å². The van der Waals surface area contributed by atoms with E-state index in [0.29, 0.717) is 19.3 Å². The van der Waals surface area contributed by atoms with Crippen LogP contribution in [0, 0.1) is 0 Å². The summed E-state index contributed by atoms with van der Waals surface area (Å²) < 4.78 is 16.7. The summed E-state index contributed by atoms with van der Waals surface area (Å²) in [4.78, 5) is 38.0. The van der Waals surface area contributed by atoms with Crippen LogP contribution in [-0.2, 0) is 28.6 Å². The van der Waals surface area contributed by atoms with Gasteiger partial charge in [0.1, 0.15) is 13.2 Å². The van der Waals surface area contributed by atoms with Crippen molar-refractivity contribution in [2.45, 2.75) is 207 Å². The fourth-order valence-electron chi connectivity index (χ4n) is 6.48. The lowest BCUT2D eigenvalue weighted by Gasteiger charge is -2.18. The van der Waals surface area contributed by atoms with Crippen LogP contribution in [-0.4, -0.2) is 37.2 Å². The molecule has 0 aliphatic heterocycles. The summed E-state index contributed by atoms with van der Waals surface area (Å²) in [6, 6.07) is 0. The highest BCUT2D eigenvalue weighted by molar-refractivity contribution is 5.71. The number of carbonyl (C=O) groups excluding carboxylic acids is 3. The number of hydrogen-bond acceptors (Lipinski definition) is 6. The number of carbonyl (C=O) groups is 3. The van der Waals surface area contributed by atoms with E-state index in [1.54, 1.807) is 0 Å². The SMILES string of the molecule is CC/C=C\C/C=C\C/C=C\C/C=C\C/C=C\CCCC(=O)OC(COC(=O)CCCCC/C=C\C/C=C\C/C=C\CC)COC(=O)CCCCCCCC/C=C\C/C=C\C/C=C\C/C=C\CC. The number of hydrogen-bond donors (Lipinski definition) is 0. The quantitative estimate of drug-likeness (QED) is 0.0262. The number of esters is 3. The van der Waals surface area contributed by atoms with Crippen LogP contribution in [0.2, 0.25) is 0 Å². The van der Waals surface area contributed by atoms with E-state index < -0.39 is 6.10 Å². The fraction of sp³-hybridized carbons (Fsp3) is 0.557. The highest BCUT2D eigenvalue weighted by Gasteiger charge is 2.19. The van der Waals surface area contributed by atoms with Crippen LogP contribution in [0.5, 0.6) is 0 Å². The van der Waals surface area contributed by atoms with Crippen molar-refractivity contribution in [3.63, 3.8) is 0 Å². The van der Waals surface area contributed by atoms with Gasteiger partial charge in [0.25, 0.3) is 0 Å². The van der Waals surface area contributed by atoms with Crippen molar-refractivity contribution in [1.29, 1.82) is 0 Å². The molecule has 0 aromatic heterocycles. The van der Waals surface area contributed by atoms with E-state index in [1.807, 2.05) is 0 Å². The first kappa shape index (κ1) is 62.3. The molecule has 1 unspecified atom stereocenters. The Labute approximate surface area is 410 Å². The Balaban J connectivity index is 4.56. The monoisotopic (exact) mass is 923 g/mol. The van der Waals surface area contributed by atoms with Crippen LogP contribution in [0.3, 0.4) is 0 Å². The van der Waals surface area contributed by atoms with Crippen molar-refractivity contribution in [3.8, 4) is 0 Å². The molecule has 6 nitrogen and oxygen atoms in total. The molecule has 0 fully saturated rings. The third-order valence-electron chi connectivity index (χ3n) is 10.3. The first-order valence-corrected chi connectivity index (χ1v) is 26.3. The molecule has 0 amide bonds. The van der Waals surface area contributed by atoms with E-state index in [4.69, 9.17) is 14.2 Å². The van der Waals surface area contributed by atoms with Crippen molar-refractivity contribution in [2.75, 3.05) is 13.2 Å². The Morgan fingerprint density at radius 1 is 0.299 bits per heavy atom. The van der Waals surface area contributed by atoms with E-state index >= 15 is 0 Å². The smallest absolute Gasteiger partial charge is 0.306 e. The molecule has 0 saturated carbocycles. The largest absolute Gasteiger partial charge is 0.462 e. The van der Waals surface area contributed by atoms with Gasteiger partial charge in [-0.3, -0.25) is 14.4 Å². The maximum Gasteiger partial charge on any atom is 0.306 e. The van der Waals surface area contributed by atoms with Gasteiger partial charge in [-0.1, -0.05) is 199 Å². The summed E-state index contributed by atoms with van der Waals surface area (Å²) in [6.07, 6.45) is 76.9. The predicted molar refractivity (Wildman–Crippen MR) is 288 cm³/mol. The van der Waals surface area contributed by atoms with Crippen molar-refractivity contribution >= 4 is 17.9 Å². The molecule has 6 heteroatoms. The lowest BCUT2D eigenvalue weighted by Crippen LogP contribution is -2.30. The number of ether oxygens (including phenoxy) is 3. The molecule has 0 spiro atoms. The Morgan fingerprint density at radius 2 is 0.552 bits per heavy atom. The summed E-state index contributed by atoms with van der Waals surface area (Å²) >= 11 is 0. The number of rotatable bonds is 45. The first-order valence-electron chi connectivity index (χ1n) is 26.3. The van der Waals surface area contributed by atoms with Gasteiger partial charge in [-0.25, -0.2) is 0 Å². The molecule has 0 N–H and O–H groups in total. The van der Waals surface area contributed by atoms with Crippen molar-refractivity contribution < 1.29 is 28.6 Å². The van der Waals surface area contributed by atoms with Gasteiger partial charge in [-0.15, -0.1) is 0 Å². The molecule has 0 rings (SSSR count). The predicted octanol–water partition coefficient (Wildman–Crippen LogP) is 17.6. The Hall–Kier alpha value is -4.71. The van der Waals surface area contributed by atoms with Gasteiger partial charge in [0.15, 0.2) is 6.10 Å². The molecule has 0 aliphatic rings. The highest BCUT2D eigenvalue weighted by atomic mass is 16.6. The lowest BCUT2D eigenvalue weighted by molar-refractivity contribution is -0.167. The average Bonchev–Trinajstić information content (AvgIpc) is 3.33. The third-order valence-corrected chi connectivity index (χ3v) is 10.3. The molecule has 0 saturated heterocycles. The summed E-state index contributed by atoms with van der Waals surface area (Å²) in [6.45, 7) is 6.19. The van der Waals surface area contributed by atoms with E-state index in [-0.39, 0.29) is 37.5 Å². The first-order chi connectivity index (χ1) is 33.0. The van der Waals surface area contributed by atoms with E-state index in [1.165, 1.54) is 12.8 Å². The Bertz CT molecular complexity index is 1530. The number of allylic oxidation sites excluding steroid dienone is 24. The zero-order valence-corrected chi connectivity index (χ0v) is 42.6. The summed E-state index contributed by atoms with van der Waals surface area (Å²) in [5, 5.41) is 0. The van der Waals surface area contributed by atoms with Crippen LogP contribution in [0.15, 0.2) is 146 Å². The van der Waals surface area contributed by atoms with Gasteiger partial charge >= 0.3 is 17.9 Å². The minimum atomic E-state index is -0.832. The van der Waals surface area contributed by atoms with E-state index in [2.05, 4.69) is 167 Å². The molecule has 0 aromatic rings. The van der Waals surface area contributed by atoms with Crippen LogP contribution < -0.4 is 0 Å². The third kappa shape index (κ3) is 52.1. The lowest BCUT2D eigenvalue weighted by atomic mass is 10.1. The molecule has 0 bridgehead atoms. The molecule has 0 aromatic carbocycles. The van der Waals surface area contributed by atoms with Crippen LogP contribution in [0.4, 0.5) is 0 Å². The van der Waals surface area contributed by atoms with E-state index in [9.17, 15) is 14.4 Å². The molecule has 1 atom stereocenters. The summed E-state index contributed by atoms with van der Waals surface area (Å²) in [5.41, 5.74) is 0. The molecular formula is C61H94O6. The fourth-order valence-corrected chi connectivity index (χ4v) is 6.48. The van der Waals surface area contributed by atoms with Crippen molar-refractivity contribution in [2.24, 2.45) is 0 Å². The maximum atomic E-state index is 12.8. The Morgan fingerprint density at radius 3 is 0.896 bits per heavy atom. The van der Waals surface area contributed by atoms with Gasteiger partial charge in [-0.2, -0.15) is 0 Å². The van der Waals surface area contributed by atoms with Crippen LogP contribution in [0.1, 0.15) is 201 Å². The molecular weight excluding hydrogens is 829 g/mol. The second-order valence-electron chi connectivity index (χ2n) is 16.6. The standard InChI is InChI=1S/C61H94O6/c1-4-7-10-13-16-19-22-25-27-29-30-32-33-36-39-42-45-48-51-54-60(63)66-57-58(56-65-59(62)53-50-47-44-41-38-35-24-21-18-15-12-9-6-3)67-61(64)55-52-49-46-43-40-37-34-31-28-26-23-20-17-14-11-8-5-2/h7-12,16-21,25-28,30,32,34-35,37-38,43,46,58H,4-6,13-15,22-24,29,31,33,36,39-42,44-45,47-57H2,1-3H3/b10-7-,11-8-,12-9-,19-16-,20-17-,21-18-,27-25-,28-26-,32-30-,37-34-,38-35-,46-43-. The average molecular weight is 923 g/mol. The number of unbranched alkanes of at least 4 members (excludes halogenated alkanes) is 10. The zero-order chi connectivity index (χ0) is 48.6. The summed E-state index contributed by atoms with van der Waals surface area (Å²) in [7, 11) is 0. The highest BCUT2D eigenvalue weighted by Crippen LogP contribution is 2.12. The molecule has 67 heavy (non-hydrogen) atoms. The minimum absolute atomic E-state index is 0.124. The van der Waals surface area contributed by atoms with Gasteiger partial charge in [0.2, 0.25) is 0 Å². The zero-order valence-electron chi connectivity index (χ0n) is 42.6. The van der Waals surface area contributed by atoms with Crippen molar-refractivity contribution in [1.82, 2.24) is 0 Å². The topological polar surface area (TPSA) is 78.9 Å². The van der Waals surface area contributed by atoms with Crippen molar-refractivity contribution in [3.05, 3.63) is 146 Å². The van der Waals surface area contributed by atoms with Crippen LogP contribution >= 0.6 is 0 Å². The second-order valence-corrected chi connectivity index (χ2v) is 16.6. The van der Waals surface area contributed by atoms with Gasteiger partial charge in [0, 0.05) is 19.3 Å². The normalized spacial score (nSPS) is 13.3. The molecule has 374 valence electrons. The van der Waals surface area contributed by atoms with E-state index in [0.717, 1.165) is 141 Å². The van der Waals surface area contributed by atoms with Gasteiger partial charge in [-0.05, 0) is 128 Å². The molecule has 0 radical (unpaired) electrons. The maximum absolute atomic E-state index is 12.8. The van der Waals surface area contributed by atoms with Gasteiger partial charge in [0.05, 0.1) is 0 Å². The van der Waals surface area contributed by atoms with Crippen LogP contribution in [0.25, 0.3) is 0 Å².